The van der Waals surface area contributed by atoms with Gasteiger partial charge in [-0.05, 0) is 49.1 Å². The molecule has 9 heteroatoms. The first-order chi connectivity index (χ1) is 12.9. The third-order valence-corrected chi connectivity index (χ3v) is 5.78. The Morgan fingerprint density at radius 1 is 1.44 bits per heavy atom. The highest BCUT2D eigenvalue weighted by atomic mass is 32.2. The molecule has 0 bridgehead atoms. The highest BCUT2D eigenvalue weighted by molar-refractivity contribution is 8.26. The Kier molecular flexibility index (Phi) is 8.00. The maximum absolute atomic E-state index is 12.8. The van der Waals surface area contributed by atoms with Crippen LogP contribution in [0.3, 0.4) is 0 Å². The van der Waals surface area contributed by atoms with E-state index >= 15 is 0 Å². The van der Waals surface area contributed by atoms with Crippen molar-refractivity contribution in [3.05, 3.63) is 28.7 Å². The number of carbonyl (C=O) groups excluding carboxylic acids is 1. The molecule has 0 aromatic heterocycles. The summed E-state index contributed by atoms with van der Waals surface area (Å²) in [6, 6.07) is 4.39. The van der Waals surface area contributed by atoms with Crippen LogP contribution in [0.1, 0.15) is 18.9 Å². The van der Waals surface area contributed by atoms with Crippen molar-refractivity contribution in [2.75, 3.05) is 25.7 Å². The minimum Gasteiger partial charge on any atom is -0.493 e. The minimum absolute atomic E-state index is 0.262. The molecule has 1 fully saturated rings. The predicted octanol–water partition coefficient (Wildman–Crippen LogP) is 3.50. The van der Waals surface area contributed by atoms with E-state index < -0.39 is 12.0 Å². The molecule has 1 N–H and O–H groups in total. The van der Waals surface area contributed by atoms with Gasteiger partial charge in [0.1, 0.15) is 10.4 Å². The van der Waals surface area contributed by atoms with Crippen molar-refractivity contribution >= 4 is 58.0 Å². The summed E-state index contributed by atoms with van der Waals surface area (Å²) in [6.45, 7) is 2.40. The first-order valence-corrected chi connectivity index (χ1v) is 10.8. The average Bonchev–Trinajstić information content (AvgIpc) is 2.91. The second kappa shape index (κ2) is 10.0. The summed E-state index contributed by atoms with van der Waals surface area (Å²) < 4.78 is 11.1. The second-order valence-electron chi connectivity index (χ2n) is 5.53. The zero-order chi connectivity index (χ0) is 20.0. The van der Waals surface area contributed by atoms with Crippen molar-refractivity contribution in [2.24, 2.45) is 0 Å². The zero-order valence-corrected chi connectivity index (χ0v) is 17.7. The predicted molar refractivity (Wildman–Crippen MR) is 114 cm³/mol. The highest BCUT2D eigenvalue weighted by Crippen LogP contribution is 2.36. The number of ether oxygens (including phenoxy) is 2. The minimum atomic E-state index is -1.05. The smallest absolute Gasteiger partial charge is 0.326 e. The summed E-state index contributed by atoms with van der Waals surface area (Å²) in [5, 5.41) is 9.50. The van der Waals surface area contributed by atoms with Gasteiger partial charge in [-0.1, -0.05) is 30.0 Å². The van der Waals surface area contributed by atoms with E-state index in [1.807, 2.05) is 19.2 Å². The summed E-state index contributed by atoms with van der Waals surface area (Å²) in [4.78, 5) is 26.0. The lowest BCUT2D eigenvalue weighted by atomic mass is 10.1. The molecule has 1 atom stereocenters. The van der Waals surface area contributed by atoms with E-state index in [1.165, 1.54) is 16.7 Å². The molecule has 0 radical (unpaired) electrons. The molecule has 1 aliphatic heterocycles. The highest BCUT2D eigenvalue weighted by Gasteiger charge is 2.40. The molecule has 1 aromatic carbocycles. The molecule has 1 aromatic rings. The van der Waals surface area contributed by atoms with Gasteiger partial charge in [-0.25, -0.2) is 4.79 Å². The maximum atomic E-state index is 12.8. The summed E-state index contributed by atoms with van der Waals surface area (Å²) >= 11 is 7.91. The zero-order valence-electron chi connectivity index (χ0n) is 15.3. The van der Waals surface area contributed by atoms with E-state index in [4.69, 9.17) is 21.7 Å². The van der Waals surface area contributed by atoms with Crippen LogP contribution in [0.4, 0.5) is 0 Å². The number of carboxylic acids is 1. The van der Waals surface area contributed by atoms with Crippen LogP contribution in [0.2, 0.25) is 0 Å². The van der Waals surface area contributed by atoms with E-state index in [0.29, 0.717) is 35.2 Å². The Morgan fingerprint density at radius 2 is 2.19 bits per heavy atom. The topological polar surface area (TPSA) is 76.1 Å². The first-order valence-electron chi connectivity index (χ1n) is 8.22. The maximum Gasteiger partial charge on any atom is 0.326 e. The van der Waals surface area contributed by atoms with E-state index in [-0.39, 0.29) is 10.2 Å². The molecule has 2 rings (SSSR count). The molecule has 0 spiro atoms. The number of hydrogen-bond donors (Lipinski definition) is 1. The molecule has 146 valence electrons. The van der Waals surface area contributed by atoms with Gasteiger partial charge in [0.2, 0.25) is 0 Å². The van der Waals surface area contributed by atoms with Crippen molar-refractivity contribution in [1.29, 1.82) is 0 Å². The second-order valence-corrected chi connectivity index (χ2v) is 8.19. The summed E-state index contributed by atoms with van der Waals surface area (Å²) in [6.07, 6.45) is 3.92. The molecule has 6 nitrogen and oxygen atoms in total. The lowest BCUT2D eigenvalue weighted by Crippen LogP contribution is -2.44. The summed E-state index contributed by atoms with van der Waals surface area (Å²) in [5.41, 5.74) is 0.742. The van der Waals surface area contributed by atoms with Crippen molar-refractivity contribution in [1.82, 2.24) is 4.90 Å². The van der Waals surface area contributed by atoms with Crippen LogP contribution in [0.5, 0.6) is 11.5 Å². The Morgan fingerprint density at radius 3 is 2.78 bits per heavy atom. The Bertz CT molecular complexity index is 765. The molecular weight excluding hydrogens is 406 g/mol. The number of methoxy groups -OCH3 is 1. The van der Waals surface area contributed by atoms with Gasteiger partial charge < -0.3 is 14.6 Å². The van der Waals surface area contributed by atoms with Gasteiger partial charge in [0, 0.05) is 0 Å². The summed E-state index contributed by atoms with van der Waals surface area (Å²) in [5.74, 6) is 0.372. The van der Waals surface area contributed by atoms with Gasteiger partial charge >= 0.3 is 5.97 Å². The van der Waals surface area contributed by atoms with Crippen molar-refractivity contribution < 1.29 is 24.2 Å². The third-order valence-electron chi connectivity index (χ3n) is 3.80. The van der Waals surface area contributed by atoms with Crippen molar-refractivity contribution in [3.8, 4) is 11.5 Å². The summed E-state index contributed by atoms with van der Waals surface area (Å²) in [7, 11) is 1.55. The number of carboxylic acid groups (broad SMARTS) is 1. The normalized spacial score (nSPS) is 16.7. The number of benzene rings is 1. The van der Waals surface area contributed by atoms with Crippen LogP contribution < -0.4 is 9.47 Å². The van der Waals surface area contributed by atoms with Gasteiger partial charge in [-0.3, -0.25) is 9.69 Å². The van der Waals surface area contributed by atoms with Gasteiger partial charge in [-0.2, -0.15) is 11.8 Å². The third kappa shape index (κ3) is 5.18. The molecule has 1 aliphatic rings. The lowest BCUT2D eigenvalue weighted by Gasteiger charge is -2.22. The monoisotopic (exact) mass is 427 g/mol. The van der Waals surface area contributed by atoms with Crippen LogP contribution in [0.25, 0.3) is 6.08 Å². The Labute approximate surface area is 172 Å². The molecule has 1 heterocycles. The number of rotatable bonds is 9. The van der Waals surface area contributed by atoms with Gasteiger partial charge in [0.05, 0.1) is 18.6 Å². The van der Waals surface area contributed by atoms with E-state index in [9.17, 15) is 14.7 Å². The van der Waals surface area contributed by atoms with E-state index in [0.717, 1.165) is 17.3 Å². The number of amides is 1. The molecule has 0 aliphatic carbocycles. The van der Waals surface area contributed by atoms with Crippen LogP contribution in [-0.4, -0.2) is 58.0 Å². The number of aliphatic carboxylic acids is 1. The number of thioether (sulfide) groups is 2. The van der Waals surface area contributed by atoms with Gasteiger partial charge in [0.15, 0.2) is 11.5 Å². The number of thiocarbonyl (C=S) groups is 1. The molecule has 1 saturated heterocycles. The largest absolute Gasteiger partial charge is 0.493 e. The van der Waals surface area contributed by atoms with Gasteiger partial charge in [0.25, 0.3) is 5.91 Å². The average molecular weight is 428 g/mol. The number of nitrogens with zero attached hydrogens (tertiary/aromatic N) is 1. The molecular formula is C18H21NO5S3. The lowest BCUT2D eigenvalue weighted by molar-refractivity contribution is -0.145. The molecule has 27 heavy (non-hydrogen) atoms. The fourth-order valence-electron chi connectivity index (χ4n) is 2.54. The Balaban J connectivity index is 2.28. The number of carbonyl (C=O) groups is 2. The first kappa shape index (κ1) is 21.6. The molecule has 0 saturated carbocycles. The Hall–Kier alpha value is -1.71. The number of hydrogen-bond acceptors (Lipinski definition) is 7. The molecule has 0 unspecified atom stereocenters. The molecule has 1 amide bonds. The standard InChI is InChI=1S/C18H21NO5S3/c1-4-24-13-6-5-11(9-14(13)23-2)10-15-16(20)19(18(25)27-15)12(17(21)22)7-8-26-3/h5-6,9-10,12H,4,7-8H2,1-3H3,(H,21,22)/b15-10+/t12-/m0/s1. The quantitative estimate of drug-likeness (QED) is 0.474. The van der Waals surface area contributed by atoms with E-state index in [1.54, 1.807) is 25.3 Å². The fourth-order valence-corrected chi connectivity index (χ4v) is 4.36. The van der Waals surface area contributed by atoms with Crippen molar-refractivity contribution in [2.45, 2.75) is 19.4 Å². The van der Waals surface area contributed by atoms with Crippen molar-refractivity contribution in [3.63, 3.8) is 0 Å². The van der Waals surface area contributed by atoms with Crippen LogP contribution in [0, 0.1) is 0 Å². The SMILES string of the molecule is CCOc1ccc(/C=C2/SC(=S)N([C@@H](CCSC)C(=O)O)C2=O)cc1OC. The van der Waals surface area contributed by atoms with Crippen LogP contribution in [-0.2, 0) is 9.59 Å². The van der Waals surface area contributed by atoms with Gasteiger partial charge in [-0.15, -0.1) is 0 Å². The van der Waals surface area contributed by atoms with Crippen LogP contribution >= 0.6 is 35.7 Å². The van der Waals surface area contributed by atoms with Crippen LogP contribution in [0.15, 0.2) is 23.1 Å². The fraction of sp³-hybridized carbons (Fsp3) is 0.389. The van der Waals surface area contributed by atoms with E-state index in [2.05, 4.69) is 0 Å².